The fourth-order valence-corrected chi connectivity index (χ4v) is 1.62. The average Bonchev–Trinajstić information content (AvgIpc) is 2.86. The van der Waals surface area contributed by atoms with Gasteiger partial charge in [0.2, 0.25) is 0 Å². The van der Waals surface area contributed by atoms with Crippen LogP contribution in [-0.2, 0) is 13.1 Å². The molecule has 0 aliphatic heterocycles. The number of hydrogen-bond acceptors (Lipinski definition) is 3. The van der Waals surface area contributed by atoms with Gasteiger partial charge in [-0.3, -0.25) is 4.68 Å². The summed E-state index contributed by atoms with van der Waals surface area (Å²) in [7, 11) is 0. The molecule has 86 valence electrons. The van der Waals surface area contributed by atoms with E-state index in [1.165, 1.54) is 5.56 Å². The Kier molecular flexibility index (Phi) is 3.41. The normalized spacial score (nSPS) is 10.9. The lowest BCUT2D eigenvalue weighted by Crippen LogP contribution is -2.13. The molecule has 2 rings (SSSR count). The predicted molar refractivity (Wildman–Crippen MR) is 62.2 cm³/mol. The Morgan fingerprint density at radius 2 is 2.31 bits per heavy atom. The summed E-state index contributed by atoms with van der Waals surface area (Å²) in [5.74, 6) is 0.976. The van der Waals surface area contributed by atoms with Gasteiger partial charge in [0.15, 0.2) is 0 Å². The van der Waals surface area contributed by atoms with Gasteiger partial charge in [0.05, 0.1) is 18.5 Å². The van der Waals surface area contributed by atoms with Crippen LogP contribution in [0.3, 0.4) is 0 Å². The van der Waals surface area contributed by atoms with Crippen molar-refractivity contribution in [1.82, 2.24) is 15.1 Å². The topological polar surface area (TPSA) is 43.0 Å². The summed E-state index contributed by atoms with van der Waals surface area (Å²) in [5, 5.41) is 7.64. The van der Waals surface area contributed by atoms with Gasteiger partial charge < -0.3 is 9.73 Å². The van der Waals surface area contributed by atoms with Crippen LogP contribution in [0.1, 0.15) is 23.9 Å². The summed E-state index contributed by atoms with van der Waals surface area (Å²) in [6.45, 7) is 6.59. The molecule has 0 radical (unpaired) electrons. The van der Waals surface area contributed by atoms with E-state index in [0.717, 1.165) is 24.5 Å². The molecule has 0 unspecified atom stereocenters. The fourth-order valence-electron chi connectivity index (χ4n) is 1.62. The lowest BCUT2D eigenvalue weighted by atomic mass is 10.2. The largest absolute Gasteiger partial charge is 0.467 e. The average molecular weight is 219 g/mol. The molecule has 0 bridgehead atoms. The van der Waals surface area contributed by atoms with E-state index in [1.807, 2.05) is 29.9 Å². The summed E-state index contributed by atoms with van der Waals surface area (Å²) < 4.78 is 7.37. The van der Waals surface area contributed by atoms with E-state index in [0.29, 0.717) is 6.54 Å². The van der Waals surface area contributed by atoms with Crippen molar-refractivity contribution in [2.75, 3.05) is 6.54 Å². The Labute approximate surface area is 95.3 Å². The van der Waals surface area contributed by atoms with Crippen LogP contribution in [0.15, 0.2) is 29.0 Å². The quantitative estimate of drug-likeness (QED) is 0.835. The monoisotopic (exact) mass is 219 g/mol. The van der Waals surface area contributed by atoms with Gasteiger partial charge in [-0.05, 0) is 25.6 Å². The third-order valence-electron chi connectivity index (χ3n) is 2.48. The van der Waals surface area contributed by atoms with Crippen LogP contribution < -0.4 is 5.32 Å². The first-order valence-corrected chi connectivity index (χ1v) is 5.55. The zero-order valence-electron chi connectivity index (χ0n) is 9.73. The Morgan fingerprint density at radius 3 is 3.00 bits per heavy atom. The van der Waals surface area contributed by atoms with Gasteiger partial charge in [-0.15, -0.1) is 0 Å². The highest BCUT2D eigenvalue weighted by Crippen LogP contribution is 2.12. The summed E-state index contributed by atoms with van der Waals surface area (Å²) in [6.07, 6.45) is 3.70. The van der Waals surface area contributed by atoms with Crippen LogP contribution in [0.5, 0.6) is 0 Å². The molecule has 16 heavy (non-hydrogen) atoms. The van der Waals surface area contributed by atoms with Crippen LogP contribution in [0.2, 0.25) is 0 Å². The Bertz CT molecular complexity index is 445. The van der Waals surface area contributed by atoms with E-state index in [1.54, 1.807) is 6.26 Å². The van der Waals surface area contributed by atoms with Gasteiger partial charge >= 0.3 is 0 Å². The molecule has 0 amide bonds. The molecule has 0 aliphatic carbocycles. The van der Waals surface area contributed by atoms with E-state index in [2.05, 4.69) is 17.3 Å². The Hall–Kier alpha value is -1.55. The number of aryl methyl sites for hydroxylation is 1. The van der Waals surface area contributed by atoms with Crippen molar-refractivity contribution >= 4 is 0 Å². The van der Waals surface area contributed by atoms with Gasteiger partial charge in [-0.2, -0.15) is 5.10 Å². The highest BCUT2D eigenvalue weighted by Gasteiger charge is 2.06. The van der Waals surface area contributed by atoms with Crippen molar-refractivity contribution in [2.45, 2.75) is 26.9 Å². The van der Waals surface area contributed by atoms with Gasteiger partial charge in [-0.25, -0.2) is 0 Å². The molecule has 4 nitrogen and oxygen atoms in total. The third kappa shape index (κ3) is 2.52. The lowest BCUT2D eigenvalue weighted by molar-refractivity contribution is 0.472. The number of furan rings is 1. The van der Waals surface area contributed by atoms with E-state index >= 15 is 0 Å². The molecule has 0 saturated carbocycles. The molecule has 0 aromatic carbocycles. The first-order chi connectivity index (χ1) is 7.79. The van der Waals surface area contributed by atoms with Crippen molar-refractivity contribution in [3.63, 3.8) is 0 Å². The standard InChI is InChI=1S/C12H17N3O/c1-3-13-8-11-5-7-16-12(11)9-15-6-4-10(2)14-15/h4-7,13H,3,8-9H2,1-2H3. The molecule has 0 spiro atoms. The summed E-state index contributed by atoms with van der Waals surface area (Å²) in [5.41, 5.74) is 2.23. The van der Waals surface area contributed by atoms with Crippen molar-refractivity contribution < 1.29 is 4.42 Å². The molecule has 0 atom stereocenters. The number of nitrogens with one attached hydrogen (secondary N) is 1. The number of nitrogens with zero attached hydrogens (tertiary/aromatic N) is 2. The van der Waals surface area contributed by atoms with Gasteiger partial charge in [-0.1, -0.05) is 6.92 Å². The Balaban J connectivity index is 2.06. The minimum Gasteiger partial charge on any atom is -0.467 e. The van der Waals surface area contributed by atoms with Crippen molar-refractivity contribution in [3.05, 3.63) is 41.6 Å². The summed E-state index contributed by atoms with van der Waals surface area (Å²) in [4.78, 5) is 0. The van der Waals surface area contributed by atoms with Crippen LogP contribution in [0, 0.1) is 6.92 Å². The predicted octanol–water partition coefficient (Wildman–Crippen LogP) is 1.94. The molecule has 0 fully saturated rings. The van der Waals surface area contributed by atoms with Crippen LogP contribution in [0.25, 0.3) is 0 Å². The molecule has 1 N–H and O–H groups in total. The number of hydrogen-bond donors (Lipinski definition) is 1. The highest BCUT2D eigenvalue weighted by molar-refractivity contribution is 5.17. The zero-order valence-corrected chi connectivity index (χ0v) is 9.73. The maximum absolute atomic E-state index is 5.47. The first kappa shape index (κ1) is 11.0. The molecule has 2 aromatic rings. The lowest BCUT2D eigenvalue weighted by Gasteiger charge is -2.03. The second-order valence-corrected chi connectivity index (χ2v) is 3.80. The summed E-state index contributed by atoms with van der Waals surface area (Å²) >= 11 is 0. The second-order valence-electron chi connectivity index (χ2n) is 3.80. The molecule has 0 aliphatic rings. The van der Waals surface area contributed by atoms with E-state index < -0.39 is 0 Å². The maximum Gasteiger partial charge on any atom is 0.129 e. The molecular formula is C12H17N3O. The molecule has 0 saturated heterocycles. The minimum absolute atomic E-state index is 0.696. The first-order valence-electron chi connectivity index (χ1n) is 5.55. The van der Waals surface area contributed by atoms with Crippen LogP contribution in [-0.4, -0.2) is 16.3 Å². The van der Waals surface area contributed by atoms with Crippen LogP contribution in [0.4, 0.5) is 0 Å². The minimum atomic E-state index is 0.696. The summed E-state index contributed by atoms with van der Waals surface area (Å²) in [6, 6.07) is 4.00. The Morgan fingerprint density at radius 1 is 1.44 bits per heavy atom. The number of aromatic nitrogens is 2. The van der Waals surface area contributed by atoms with Gasteiger partial charge in [0.25, 0.3) is 0 Å². The molecule has 4 heteroatoms. The third-order valence-corrected chi connectivity index (χ3v) is 2.48. The van der Waals surface area contributed by atoms with Gasteiger partial charge in [0, 0.05) is 18.3 Å². The molecular weight excluding hydrogens is 202 g/mol. The van der Waals surface area contributed by atoms with Crippen molar-refractivity contribution in [3.8, 4) is 0 Å². The van der Waals surface area contributed by atoms with Crippen molar-refractivity contribution in [2.24, 2.45) is 0 Å². The van der Waals surface area contributed by atoms with E-state index in [-0.39, 0.29) is 0 Å². The molecule has 2 heterocycles. The van der Waals surface area contributed by atoms with E-state index in [9.17, 15) is 0 Å². The molecule has 2 aromatic heterocycles. The zero-order chi connectivity index (χ0) is 11.4. The SMILES string of the molecule is CCNCc1ccoc1Cn1ccc(C)n1. The van der Waals surface area contributed by atoms with Crippen molar-refractivity contribution in [1.29, 1.82) is 0 Å². The smallest absolute Gasteiger partial charge is 0.129 e. The maximum atomic E-state index is 5.47. The van der Waals surface area contributed by atoms with Gasteiger partial charge in [0.1, 0.15) is 5.76 Å². The second kappa shape index (κ2) is 4.99. The highest BCUT2D eigenvalue weighted by atomic mass is 16.3. The van der Waals surface area contributed by atoms with Crippen LogP contribution >= 0.6 is 0 Å². The fraction of sp³-hybridized carbons (Fsp3) is 0.417. The number of rotatable bonds is 5. The van der Waals surface area contributed by atoms with E-state index in [4.69, 9.17) is 4.42 Å².